The summed E-state index contributed by atoms with van der Waals surface area (Å²) in [4.78, 5) is 1.22. The molecule has 0 saturated carbocycles. The van der Waals surface area contributed by atoms with Crippen molar-refractivity contribution in [3.63, 3.8) is 0 Å². The van der Waals surface area contributed by atoms with Crippen LogP contribution in [0.25, 0.3) is 0 Å². The van der Waals surface area contributed by atoms with Crippen LogP contribution in [0.1, 0.15) is 23.4 Å². The predicted octanol–water partition coefficient (Wildman–Crippen LogP) is 5.13. The first-order chi connectivity index (χ1) is 8.08. The number of nitrogens with one attached hydrogen (secondary N) is 1. The molecule has 90 valence electrons. The Kier molecular flexibility index (Phi) is 3.84. The summed E-state index contributed by atoms with van der Waals surface area (Å²) in [6.45, 7) is 3.86. The highest BCUT2D eigenvalue weighted by atomic mass is 79.9. The van der Waals surface area contributed by atoms with Crippen molar-refractivity contribution in [1.82, 2.24) is 0 Å². The standard InChI is InChI=1S/C13H13BrFNS/c1-8-11(15)4-3-5-12(8)16-9(2)13-6-10(14)7-17-13/h3-7,9,16H,1-2H3. The van der Waals surface area contributed by atoms with E-state index < -0.39 is 0 Å². The fourth-order valence-corrected chi connectivity index (χ4v) is 3.08. The van der Waals surface area contributed by atoms with Gasteiger partial charge < -0.3 is 5.32 Å². The minimum absolute atomic E-state index is 0.172. The number of hydrogen-bond donors (Lipinski definition) is 1. The van der Waals surface area contributed by atoms with Gasteiger partial charge in [-0.2, -0.15) is 0 Å². The van der Waals surface area contributed by atoms with Gasteiger partial charge in [-0.05, 0) is 48.0 Å². The van der Waals surface area contributed by atoms with Crippen LogP contribution in [-0.4, -0.2) is 0 Å². The molecule has 1 heterocycles. The molecule has 1 aromatic heterocycles. The highest BCUT2D eigenvalue weighted by Crippen LogP contribution is 2.29. The molecule has 1 atom stereocenters. The van der Waals surface area contributed by atoms with Gasteiger partial charge in [-0.25, -0.2) is 4.39 Å². The molecule has 0 amide bonds. The number of hydrogen-bond acceptors (Lipinski definition) is 2. The van der Waals surface area contributed by atoms with E-state index in [9.17, 15) is 4.39 Å². The lowest BCUT2D eigenvalue weighted by Gasteiger charge is -2.15. The molecule has 0 radical (unpaired) electrons. The van der Waals surface area contributed by atoms with Gasteiger partial charge in [-0.15, -0.1) is 11.3 Å². The molecule has 0 bridgehead atoms. The number of rotatable bonds is 3. The third kappa shape index (κ3) is 2.87. The maximum absolute atomic E-state index is 13.4. The summed E-state index contributed by atoms with van der Waals surface area (Å²) in [5.74, 6) is -0.172. The second kappa shape index (κ2) is 5.19. The van der Waals surface area contributed by atoms with E-state index in [0.29, 0.717) is 5.56 Å². The fourth-order valence-electron chi connectivity index (χ4n) is 1.62. The topological polar surface area (TPSA) is 12.0 Å². The highest BCUT2D eigenvalue weighted by molar-refractivity contribution is 9.10. The largest absolute Gasteiger partial charge is 0.377 e. The molecule has 0 saturated heterocycles. The molecule has 0 spiro atoms. The molecule has 2 aromatic rings. The van der Waals surface area contributed by atoms with Crippen molar-refractivity contribution in [1.29, 1.82) is 0 Å². The van der Waals surface area contributed by atoms with Gasteiger partial charge >= 0.3 is 0 Å². The minimum atomic E-state index is -0.172. The van der Waals surface area contributed by atoms with Crippen LogP contribution in [0.15, 0.2) is 34.1 Å². The summed E-state index contributed by atoms with van der Waals surface area (Å²) >= 11 is 5.12. The monoisotopic (exact) mass is 313 g/mol. The zero-order valence-corrected chi connectivity index (χ0v) is 12.0. The maximum Gasteiger partial charge on any atom is 0.128 e. The van der Waals surface area contributed by atoms with Crippen LogP contribution >= 0.6 is 27.3 Å². The van der Waals surface area contributed by atoms with E-state index in [1.165, 1.54) is 10.9 Å². The summed E-state index contributed by atoms with van der Waals surface area (Å²) in [5, 5.41) is 5.38. The van der Waals surface area contributed by atoms with Crippen molar-refractivity contribution in [2.24, 2.45) is 0 Å². The zero-order valence-electron chi connectivity index (χ0n) is 9.63. The van der Waals surface area contributed by atoms with Crippen LogP contribution in [0.2, 0.25) is 0 Å². The Labute approximate surface area is 113 Å². The quantitative estimate of drug-likeness (QED) is 0.828. The number of thiophene rings is 1. The van der Waals surface area contributed by atoms with Crippen molar-refractivity contribution in [2.45, 2.75) is 19.9 Å². The molecule has 1 nitrogen and oxygen atoms in total. The molecular formula is C13H13BrFNS. The van der Waals surface area contributed by atoms with E-state index in [1.807, 2.05) is 11.4 Å². The second-order valence-corrected chi connectivity index (χ2v) is 5.80. The molecule has 17 heavy (non-hydrogen) atoms. The lowest BCUT2D eigenvalue weighted by atomic mass is 10.1. The second-order valence-electron chi connectivity index (χ2n) is 3.95. The average molecular weight is 314 g/mol. The molecular weight excluding hydrogens is 301 g/mol. The van der Waals surface area contributed by atoms with Gasteiger partial charge in [0.05, 0.1) is 6.04 Å². The first-order valence-corrected chi connectivity index (χ1v) is 7.01. The summed E-state index contributed by atoms with van der Waals surface area (Å²) in [5.41, 5.74) is 1.51. The van der Waals surface area contributed by atoms with Crippen molar-refractivity contribution in [3.05, 3.63) is 50.4 Å². The van der Waals surface area contributed by atoms with E-state index in [0.717, 1.165) is 10.2 Å². The number of halogens is 2. The molecule has 1 N–H and O–H groups in total. The molecule has 0 aliphatic rings. The summed E-state index contributed by atoms with van der Waals surface area (Å²) in [7, 11) is 0. The van der Waals surface area contributed by atoms with Crippen LogP contribution in [-0.2, 0) is 0 Å². The van der Waals surface area contributed by atoms with Crippen LogP contribution in [0.3, 0.4) is 0 Å². The van der Waals surface area contributed by atoms with Gasteiger partial charge in [0.1, 0.15) is 5.82 Å². The van der Waals surface area contributed by atoms with E-state index >= 15 is 0 Å². The number of benzene rings is 1. The fraction of sp³-hybridized carbons (Fsp3) is 0.231. The molecule has 2 rings (SSSR count). The minimum Gasteiger partial charge on any atom is -0.377 e. The van der Waals surface area contributed by atoms with E-state index in [2.05, 4.69) is 34.2 Å². The lowest BCUT2D eigenvalue weighted by molar-refractivity contribution is 0.618. The van der Waals surface area contributed by atoms with E-state index in [1.54, 1.807) is 24.3 Å². The Balaban J connectivity index is 2.18. The molecule has 4 heteroatoms. The molecule has 0 fully saturated rings. The first-order valence-electron chi connectivity index (χ1n) is 5.33. The van der Waals surface area contributed by atoms with Gasteiger partial charge in [0, 0.05) is 26.0 Å². The summed E-state index contributed by atoms with van der Waals surface area (Å²) < 4.78 is 14.5. The molecule has 1 aromatic carbocycles. The number of anilines is 1. The Morgan fingerprint density at radius 1 is 1.41 bits per heavy atom. The van der Waals surface area contributed by atoms with Crippen molar-refractivity contribution < 1.29 is 4.39 Å². The predicted molar refractivity (Wildman–Crippen MR) is 75.2 cm³/mol. The van der Waals surface area contributed by atoms with Crippen molar-refractivity contribution in [3.8, 4) is 0 Å². The van der Waals surface area contributed by atoms with E-state index in [-0.39, 0.29) is 11.9 Å². The summed E-state index contributed by atoms with van der Waals surface area (Å²) in [6.07, 6.45) is 0. The summed E-state index contributed by atoms with van der Waals surface area (Å²) in [6, 6.07) is 7.36. The van der Waals surface area contributed by atoms with Crippen molar-refractivity contribution >= 4 is 33.0 Å². The smallest absolute Gasteiger partial charge is 0.128 e. The average Bonchev–Trinajstić information content (AvgIpc) is 2.72. The molecule has 0 aliphatic heterocycles. The van der Waals surface area contributed by atoms with Gasteiger partial charge in [-0.1, -0.05) is 6.07 Å². The van der Waals surface area contributed by atoms with E-state index in [4.69, 9.17) is 0 Å². The third-order valence-electron chi connectivity index (χ3n) is 2.65. The zero-order chi connectivity index (χ0) is 12.4. The van der Waals surface area contributed by atoms with Crippen LogP contribution in [0, 0.1) is 12.7 Å². The van der Waals surface area contributed by atoms with Gasteiger partial charge in [0.15, 0.2) is 0 Å². The van der Waals surface area contributed by atoms with Crippen molar-refractivity contribution in [2.75, 3.05) is 5.32 Å². The van der Waals surface area contributed by atoms with Crippen LogP contribution in [0.5, 0.6) is 0 Å². The van der Waals surface area contributed by atoms with Crippen LogP contribution < -0.4 is 5.32 Å². The third-order valence-corrected chi connectivity index (χ3v) is 4.53. The normalized spacial score (nSPS) is 12.5. The SMILES string of the molecule is Cc1c(F)cccc1NC(C)c1cc(Br)cs1. The first kappa shape index (κ1) is 12.6. The molecule has 1 unspecified atom stereocenters. The van der Waals surface area contributed by atoms with Gasteiger partial charge in [-0.3, -0.25) is 0 Å². The Morgan fingerprint density at radius 3 is 2.82 bits per heavy atom. The Hall–Kier alpha value is -0.870. The van der Waals surface area contributed by atoms with Gasteiger partial charge in [0.2, 0.25) is 0 Å². The maximum atomic E-state index is 13.4. The lowest BCUT2D eigenvalue weighted by Crippen LogP contribution is -2.06. The Morgan fingerprint density at radius 2 is 2.18 bits per heavy atom. The van der Waals surface area contributed by atoms with Crippen LogP contribution in [0.4, 0.5) is 10.1 Å². The highest BCUT2D eigenvalue weighted by Gasteiger charge is 2.10. The van der Waals surface area contributed by atoms with Gasteiger partial charge in [0.25, 0.3) is 0 Å². The molecule has 0 aliphatic carbocycles. The Bertz CT molecular complexity index is 524.